The van der Waals surface area contributed by atoms with Crippen LogP contribution in [0.2, 0.25) is 0 Å². The van der Waals surface area contributed by atoms with E-state index in [1.54, 1.807) is 7.05 Å². The fourth-order valence-corrected chi connectivity index (χ4v) is 2.55. The van der Waals surface area contributed by atoms with Crippen molar-refractivity contribution in [2.75, 3.05) is 12.8 Å². The average molecular weight is 280 g/mol. The number of amides is 1. The van der Waals surface area contributed by atoms with Gasteiger partial charge in [0.2, 0.25) is 5.91 Å². The van der Waals surface area contributed by atoms with Gasteiger partial charge in [-0.1, -0.05) is 26.0 Å². The molecule has 0 saturated heterocycles. The van der Waals surface area contributed by atoms with E-state index in [2.05, 4.69) is 48.7 Å². The lowest BCUT2D eigenvalue weighted by atomic mass is 10.2. The molecule has 0 fully saturated rings. The molecule has 3 nitrogen and oxygen atoms in total. The molecule has 0 radical (unpaired) electrons. The maximum absolute atomic E-state index is 11.1. The van der Waals surface area contributed by atoms with E-state index in [4.69, 9.17) is 0 Å². The summed E-state index contributed by atoms with van der Waals surface area (Å²) >= 11 is 1.81. The molecule has 0 aliphatic heterocycles. The summed E-state index contributed by atoms with van der Waals surface area (Å²) < 4.78 is 0. The Bertz CT molecular complexity index is 393. The van der Waals surface area contributed by atoms with Crippen LogP contribution < -0.4 is 10.6 Å². The standard InChI is InChI=1S/C15H24N2OS/c1-12(2)17-11-13-6-4-7-14(10-13)19-9-5-8-15(18)16-3/h4,6-7,10,12,17H,5,8-9,11H2,1-3H3,(H,16,18). The minimum absolute atomic E-state index is 0.121. The quantitative estimate of drug-likeness (QED) is 0.568. The zero-order valence-corrected chi connectivity index (χ0v) is 12.8. The number of benzene rings is 1. The van der Waals surface area contributed by atoms with E-state index in [0.29, 0.717) is 12.5 Å². The Morgan fingerprint density at radius 2 is 2.16 bits per heavy atom. The number of thioether (sulfide) groups is 1. The van der Waals surface area contributed by atoms with Gasteiger partial charge in [-0.15, -0.1) is 11.8 Å². The molecule has 0 aliphatic rings. The molecule has 106 valence electrons. The van der Waals surface area contributed by atoms with Gasteiger partial charge in [-0.3, -0.25) is 4.79 Å². The Balaban J connectivity index is 2.33. The molecule has 0 bridgehead atoms. The SMILES string of the molecule is CNC(=O)CCCSc1cccc(CNC(C)C)c1. The zero-order chi connectivity index (χ0) is 14.1. The summed E-state index contributed by atoms with van der Waals surface area (Å²) in [7, 11) is 1.68. The Kier molecular flexibility index (Phi) is 7.60. The first-order valence-corrected chi connectivity index (χ1v) is 7.76. The summed E-state index contributed by atoms with van der Waals surface area (Å²) in [5.41, 5.74) is 1.31. The number of rotatable bonds is 8. The molecule has 0 aliphatic carbocycles. The van der Waals surface area contributed by atoms with Gasteiger partial charge in [0.15, 0.2) is 0 Å². The molecule has 0 atom stereocenters. The third-order valence-corrected chi connectivity index (χ3v) is 3.79. The third kappa shape index (κ3) is 7.23. The number of carbonyl (C=O) groups excluding carboxylic acids is 1. The second-order valence-corrected chi connectivity index (χ2v) is 5.98. The summed E-state index contributed by atoms with van der Waals surface area (Å²) in [6.07, 6.45) is 1.52. The van der Waals surface area contributed by atoms with E-state index >= 15 is 0 Å². The van der Waals surface area contributed by atoms with Crippen molar-refractivity contribution in [3.63, 3.8) is 0 Å². The molecule has 0 unspecified atom stereocenters. The smallest absolute Gasteiger partial charge is 0.219 e. The van der Waals surface area contributed by atoms with Crippen molar-refractivity contribution in [3.8, 4) is 0 Å². The normalized spacial score (nSPS) is 10.7. The second kappa shape index (κ2) is 8.99. The average Bonchev–Trinajstić information content (AvgIpc) is 2.41. The van der Waals surface area contributed by atoms with Crippen molar-refractivity contribution in [2.45, 2.75) is 44.2 Å². The van der Waals surface area contributed by atoms with Crippen LogP contribution in [-0.4, -0.2) is 24.7 Å². The van der Waals surface area contributed by atoms with Gasteiger partial charge < -0.3 is 10.6 Å². The highest BCUT2D eigenvalue weighted by atomic mass is 32.2. The van der Waals surface area contributed by atoms with Gasteiger partial charge in [-0.05, 0) is 29.9 Å². The van der Waals surface area contributed by atoms with Crippen LogP contribution in [0, 0.1) is 0 Å². The fourth-order valence-electron chi connectivity index (χ4n) is 1.61. The van der Waals surface area contributed by atoms with E-state index < -0.39 is 0 Å². The van der Waals surface area contributed by atoms with Crippen molar-refractivity contribution < 1.29 is 4.79 Å². The lowest BCUT2D eigenvalue weighted by Crippen LogP contribution is -2.21. The predicted molar refractivity (Wildman–Crippen MR) is 82.4 cm³/mol. The maximum Gasteiger partial charge on any atom is 0.219 e. The van der Waals surface area contributed by atoms with Crippen molar-refractivity contribution in [2.24, 2.45) is 0 Å². The van der Waals surface area contributed by atoms with Gasteiger partial charge in [0.1, 0.15) is 0 Å². The molecule has 1 rings (SSSR count). The minimum Gasteiger partial charge on any atom is -0.359 e. The first kappa shape index (κ1) is 16.1. The molecule has 0 heterocycles. The molecule has 0 spiro atoms. The van der Waals surface area contributed by atoms with E-state index in [1.165, 1.54) is 10.5 Å². The Morgan fingerprint density at radius 1 is 1.37 bits per heavy atom. The molecule has 19 heavy (non-hydrogen) atoms. The van der Waals surface area contributed by atoms with Crippen LogP contribution >= 0.6 is 11.8 Å². The first-order valence-electron chi connectivity index (χ1n) is 6.77. The summed E-state index contributed by atoms with van der Waals surface area (Å²) in [6, 6.07) is 9.09. The third-order valence-electron chi connectivity index (χ3n) is 2.71. The molecular weight excluding hydrogens is 256 g/mol. The van der Waals surface area contributed by atoms with Crippen molar-refractivity contribution >= 4 is 17.7 Å². The number of hydrogen-bond donors (Lipinski definition) is 2. The molecule has 0 aromatic heterocycles. The van der Waals surface area contributed by atoms with Gasteiger partial charge in [-0.2, -0.15) is 0 Å². The van der Waals surface area contributed by atoms with E-state index in [0.717, 1.165) is 18.7 Å². The Hall–Kier alpha value is -1.00. The number of carbonyl (C=O) groups is 1. The highest BCUT2D eigenvalue weighted by molar-refractivity contribution is 7.99. The van der Waals surface area contributed by atoms with E-state index in [-0.39, 0.29) is 5.91 Å². The lowest BCUT2D eigenvalue weighted by Gasteiger charge is -2.09. The summed E-state index contributed by atoms with van der Waals surface area (Å²) in [6.45, 7) is 5.21. The minimum atomic E-state index is 0.121. The zero-order valence-electron chi connectivity index (χ0n) is 12.0. The van der Waals surface area contributed by atoms with Gasteiger partial charge in [0, 0.05) is 31.0 Å². The molecule has 2 N–H and O–H groups in total. The van der Waals surface area contributed by atoms with Crippen molar-refractivity contribution in [3.05, 3.63) is 29.8 Å². The van der Waals surface area contributed by atoms with Gasteiger partial charge in [0.25, 0.3) is 0 Å². The Labute approximate surface area is 120 Å². The largest absolute Gasteiger partial charge is 0.359 e. The van der Waals surface area contributed by atoms with Crippen LogP contribution in [0.15, 0.2) is 29.2 Å². The Morgan fingerprint density at radius 3 is 2.84 bits per heavy atom. The summed E-state index contributed by atoms with van der Waals surface area (Å²) in [4.78, 5) is 12.4. The number of nitrogens with one attached hydrogen (secondary N) is 2. The molecule has 4 heteroatoms. The molecular formula is C15H24N2OS. The van der Waals surface area contributed by atoms with Crippen LogP contribution in [0.4, 0.5) is 0 Å². The molecule has 0 saturated carbocycles. The van der Waals surface area contributed by atoms with Gasteiger partial charge in [-0.25, -0.2) is 0 Å². The van der Waals surface area contributed by atoms with Crippen LogP contribution in [-0.2, 0) is 11.3 Å². The summed E-state index contributed by atoms with van der Waals surface area (Å²) in [5.74, 6) is 1.10. The maximum atomic E-state index is 11.1. The van der Waals surface area contributed by atoms with E-state index in [1.807, 2.05) is 11.8 Å². The van der Waals surface area contributed by atoms with E-state index in [9.17, 15) is 4.79 Å². The second-order valence-electron chi connectivity index (χ2n) is 4.81. The van der Waals surface area contributed by atoms with Gasteiger partial charge >= 0.3 is 0 Å². The van der Waals surface area contributed by atoms with Crippen LogP contribution in [0.5, 0.6) is 0 Å². The molecule has 1 aromatic carbocycles. The highest BCUT2D eigenvalue weighted by Crippen LogP contribution is 2.20. The number of hydrogen-bond acceptors (Lipinski definition) is 3. The fraction of sp³-hybridized carbons (Fsp3) is 0.533. The highest BCUT2D eigenvalue weighted by Gasteiger charge is 2.00. The first-order chi connectivity index (χ1) is 9.11. The lowest BCUT2D eigenvalue weighted by molar-refractivity contribution is -0.120. The van der Waals surface area contributed by atoms with Crippen LogP contribution in [0.1, 0.15) is 32.3 Å². The predicted octanol–water partition coefficient (Wildman–Crippen LogP) is 2.80. The molecule has 1 amide bonds. The van der Waals surface area contributed by atoms with Gasteiger partial charge in [0.05, 0.1) is 0 Å². The summed E-state index contributed by atoms with van der Waals surface area (Å²) in [5, 5.41) is 6.06. The van der Waals surface area contributed by atoms with Crippen molar-refractivity contribution in [1.29, 1.82) is 0 Å². The monoisotopic (exact) mass is 280 g/mol. The van der Waals surface area contributed by atoms with Crippen molar-refractivity contribution in [1.82, 2.24) is 10.6 Å². The molecule has 1 aromatic rings. The topological polar surface area (TPSA) is 41.1 Å². The van der Waals surface area contributed by atoms with Crippen LogP contribution in [0.3, 0.4) is 0 Å². The van der Waals surface area contributed by atoms with Crippen LogP contribution in [0.25, 0.3) is 0 Å².